The van der Waals surface area contributed by atoms with E-state index in [0.29, 0.717) is 0 Å². The lowest BCUT2D eigenvalue weighted by Gasteiger charge is -2.22. The maximum atomic E-state index is 3.59. The minimum atomic E-state index is 0.764. The fourth-order valence-corrected chi connectivity index (χ4v) is 3.47. The highest BCUT2D eigenvalue weighted by molar-refractivity contribution is 4.86. The summed E-state index contributed by atoms with van der Waals surface area (Å²) < 4.78 is 0. The third-order valence-corrected chi connectivity index (χ3v) is 4.50. The third-order valence-electron chi connectivity index (χ3n) is 4.50. The van der Waals surface area contributed by atoms with Gasteiger partial charge in [0.25, 0.3) is 0 Å². The predicted octanol–water partition coefficient (Wildman–Crippen LogP) is 1.40. The second-order valence-electron chi connectivity index (χ2n) is 6.20. The van der Waals surface area contributed by atoms with Crippen LogP contribution < -0.4 is 5.32 Å². The van der Waals surface area contributed by atoms with Crippen molar-refractivity contribution in [1.82, 2.24) is 15.1 Å². The Morgan fingerprint density at radius 3 is 2.71 bits per heavy atom. The van der Waals surface area contributed by atoms with Crippen molar-refractivity contribution in [2.24, 2.45) is 5.92 Å². The van der Waals surface area contributed by atoms with Crippen LogP contribution in [0.4, 0.5) is 0 Å². The third kappa shape index (κ3) is 3.67. The molecule has 2 aliphatic heterocycles. The lowest BCUT2D eigenvalue weighted by Crippen LogP contribution is -2.34. The van der Waals surface area contributed by atoms with E-state index in [1.807, 2.05) is 0 Å². The maximum absolute atomic E-state index is 3.59. The van der Waals surface area contributed by atoms with Gasteiger partial charge in [-0.25, -0.2) is 0 Å². The molecule has 0 radical (unpaired) electrons. The van der Waals surface area contributed by atoms with Gasteiger partial charge in [0.1, 0.15) is 0 Å². The van der Waals surface area contributed by atoms with E-state index in [9.17, 15) is 0 Å². The molecule has 3 heteroatoms. The molecule has 0 spiro atoms. The largest absolute Gasteiger partial charge is 0.314 e. The van der Waals surface area contributed by atoms with Crippen molar-refractivity contribution in [2.45, 2.75) is 44.7 Å². The van der Waals surface area contributed by atoms with Gasteiger partial charge in [-0.2, -0.15) is 0 Å². The van der Waals surface area contributed by atoms with Crippen LogP contribution in [0.5, 0.6) is 0 Å². The van der Waals surface area contributed by atoms with Crippen molar-refractivity contribution in [3.8, 4) is 0 Å². The van der Waals surface area contributed by atoms with Crippen molar-refractivity contribution in [3.63, 3.8) is 0 Å². The average molecular weight is 239 g/mol. The summed E-state index contributed by atoms with van der Waals surface area (Å²) >= 11 is 0. The molecule has 2 aliphatic rings. The van der Waals surface area contributed by atoms with E-state index in [-0.39, 0.29) is 0 Å². The molecule has 3 unspecified atom stereocenters. The predicted molar refractivity (Wildman–Crippen MR) is 73.3 cm³/mol. The summed E-state index contributed by atoms with van der Waals surface area (Å²) in [6.07, 6.45) is 5.52. The minimum absolute atomic E-state index is 0.764. The molecule has 3 atom stereocenters. The van der Waals surface area contributed by atoms with Crippen LogP contribution in [0.1, 0.15) is 32.6 Å². The van der Waals surface area contributed by atoms with Gasteiger partial charge in [0.15, 0.2) is 0 Å². The van der Waals surface area contributed by atoms with Crippen LogP contribution in [-0.2, 0) is 0 Å². The molecular weight excluding hydrogens is 210 g/mol. The van der Waals surface area contributed by atoms with Crippen molar-refractivity contribution in [2.75, 3.05) is 40.3 Å². The topological polar surface area (TPSA) is 18.5 Å². The van der Waals surface area contributed by atoms with E-state index in [1.54, 1.807) is 0 Å². The van der Waals surface area contributed by atoms with Crippen molar-refractivity contribution in [3.05, 3.63) is 0 Å². The molecule has 0 bridgehead atoms. The number of nitrogens with one attached hydrogen (secondary N) is 1. The fraction of sp³-hybridized carbons (Fsp3) is 1.00. The number of hydrogen-bond donors (Lipinski definition) is 1. The van der Waals surface area contributed by atoms with Gasteiger partial charge in [0.05, 0.1) is 0 Å². The Labute approximate surface area is 107 Å². The number of rotatable bonds is 5. The Hall–Kier alpha value is -0.120. The zero-order valence-electron chi connectivity index (χ0n) is 11.8. The number of likely N-dealkylation sites (tertiary alicyclic amines) is 1. The summed E-state index contributed by atoms with van der Waals surface area (Å²) in [4.78, 5) is 5.05. The highest BCUT2D eigenvalue weighted by Gasteiger charge is 2.30. The Bertz CT molecular complexity index is 224. The van der Waals surface area contributed by atoms with Crippen LogP contribution in [-0.4, -0.2) is 62.2 Å². The molecule has 3 nitrogen and oxygen atoms in total. The number of hydrogen-bond acceptors (Lipinski definition) is 3. The first-order chi connectivity index (χ1) is 8.16. The normalized spacial score (nSPS) is 34.9. The molecule has 0 aromatic heterocycles. The van der Waals surface area contributed by atoms with E-state index < -0.39 is 0 Å². The van der Waals surface area contributed by atoms with E-state index in [2.05, 4.69) is 36.1 Å². The van der Waals surface area contributed by atoms with Gasteiger partial charge in [-0.05, 0) is 58.8 Å². The lowest BCUT2D eigenvalue weighted by atomic mass is 10.1. The smallest absolute Gasteiger partial charge is 0.0254 e. The molecule has 2 rings (SSSR count). The van der Waals surface area contributed by atoms with Gasteiger partial charge in [-0.1, -0.05) is 6.92 Å². The van der Waals surface area contributed by atoms with E-state index in [0.717, 1.165) is 18.0 Å². The molecule has 0 amide bonds. The van der Waals surface area contributed by atoms with Gasteiger partial charge in [0, 0.05) is 25.2 Å². The SMILES string of the molecule is CC1CN(CCCC2CCCN2)CC1N(C)C. The summed E-state index contributed by atoms with van der Waals surface area (Å²) in [5.41, 5.74) is 0. The Morgan fingerprint density at radius 2 is 2.12 bits per heavy atom. The molecule has 2 saturated heterocycles. The van der Waals surface area contributed by atoms with E-state index in [1.165, 1.54) is 51.9 Å². The summed E-state index contributed by atoms with van der Waals surface area (Å²) in [5, 5.41) is 3.59. The molecule has 0 aliphatic carbocycles. The zero-order valence-corrected chi connectivity index (χ0v) is 11.8. The zero-order chi connectivity index (χ0) is 12.3. The van der Waals surface area contributed by atoms with Crippen molar-refractivity contribution < 1.29 is 0 Å². The summed E-state index contributed by atoms with van der Waals surface area (Å²) in [5.74, 6) is 0.828. The lowest BCUT2D eigenvalue weighted by molar-refractivity contribution is 0.250. The fourth-order valence-electron chi connectivity index (χ4n) is 3.47. The first-order valence-corrected chi connectivity index (χ1v) is 7.29. The monoisotopic (exact) mass is 239 g/mol. The number of nitrogens with zero attached hydrogens (tertiary/aromatic N) is 2. The number of likely N-dealkylation sites (N-methyl/N-ethyl adjacent to an activating group) is 1. The molecule has 0 saturated carbocycles. The van der Waals surface area contributed by atoms with Gasteiger partial charge >= 0.3 is 0 Å². The van der Waals surface area contributed by atoms with Gasteiger partial charge in [-0.3, -0.25) is 0 Å². The molecule has 17 heavy (non-hydrogen) atoms. The van der Waals surface area contributed by atoms with Crippen LogP contribution in [0.2, 0.25) is 0 Å². The molecule has 2 heterocycles. The van der Waals surface area contributed by atoms with Crippen molar-refractivity contribution in [1.29, 1.82) is 0 Å². The first-order valence-electron chi connectivity index (χ1n) is 7.29. The molecule has 0 aromatic rings. The van der Waals surface area contributed by atoms with Crippen LogP contribution in [0.25, 0.3) is 0 Å². The van der Waals surface area contributed by atoms with Crippen molar-refractivity contribution >= 4 is 0 Å². The van der Waals surface area contributed by atoms with Gasteiger partial charge in [0.2, 0.25) is 0 Å². The second-order valence-corrected chi connectivity index (χ2v) is 6.20. The average Bonchev–Trinajstić information content (AvgIpc) is 2.88. The maximum Gasteiger partial charge on any atom is 0.0254 e. The molecule has 0 aromatic carbocycles. The van der Waals surface area contributed by atoms with E-state index >= 15 is 0 Å². The van der Waals surface area contributed by atoms with Gasteiger partial charge < -0.3 is 15.1 Å². The Balaban J connectivity index is 1.63. The second kappa shape index (κ2) is 6.17. The molecule has 2 fully saturated rings. The highest BCUT2D eigenvalue weighted by Crippen LogP contribution is 2.20. The van der Waals surface area contributed by atoms with Crippen LogP contribution in [0, 0.1) is 5.92 Å². The molecule has 100 valence electrons. The quantitative estimate of drug-likeness (QED) is 0.782. The summed E-state index contributed by atoms with van der Waals surface area (Å²) in [6, 6.07) is 1.58. The molecule has 1 N–H and O–H groups in total. The Kier molecular flexibility index (Phi) is 4.83. The summed E-state index contributed by atoms with van der Waals surface area (Å²) in [6.45, 7) is 7.50. The molecular formula is C14H29N3. The van der Waals surface area contributed by atoms with Crippen LogP contribution >= 0.6 is 0 Å². The minimum Gasteiger partial charge on any atom is -0.314 e. The summed E-state index contributed by atoms with van der Waals surface area (Å²) in [7, 11) is 4.43. The van der Waals surface area contributed by atoms with Crippen LogP contribution in [0.15, 0.2) is 0 Å². The van der Waals surface area contributed by atoms with Crippen LogP contribution in [0.3, 0.4) is 0 Å². The standard InChI is InChI=1S/C14H29N3/c1-12-10-17(11-14(12)16(2)3)9-5-7-13-6-4-8-15-13/h12-15H,4-11H2,1-3H3. The van der Waals surface area contributed by atoms with E-state index in [4.69, 9.17) is 0 Å². The Morgan fingerprint density at radius 1 is 1.29 bits per heavy atom. The highest BCUT2D eigenvalue weighted by atomic mass is 15.2. The van der Waals surface area contributed by atoms with Gasteiger partial charge in [-0.15, -0.1) is 0 Å². The first kappa shape index (κ1) is 13.3.